The van der Waals surface area contributed by atoms with Crippen LogP contribution in [-0.4, -0.2) is 14.5 Å². The van der Waals surface area contributed by atoms with E-state index in [0.717, 1.165) is 0 Å². The van der Waals surface area contributed by atoms with Gasteiger partial charge in [0, 0.05) is 0 Å². The van der Waals surface area contributed by atoms with Gasteiger partial charge in [-0.05, 0) is 12.1 Å². The molecule has 13 heavy (non-hydrogen) atoms. The normalized spacial score (nSPS) is 11.5. The van der Waals surface area contributed by atoms with Gasteiger partial charge >= 0.3 is 0 Å². The number of nitrogens with one attached hydrogen (secondary N) is 1. The van der Waals surface area contributed by atoms with Crippen LogP contribution in [0.4, 0.5) is 0 Å². The molecule has 0 bridgehead atoms. The van der Waals surface area contributed by atoms with Crippen molar-refractivity contribution in [2.75, 3.05) is 6.07 Å². The van der Waals surface area contributed by atoms with E-state index in [1.807, 2.05) is 4.89 Å². The maximum atomic E-state index is 11.3. The number of sulfonamides is 1. The second-order valence-electron chi connectivity index (χ2n) is 2.15. The third kappa shape index (κ3) is 2.96. The summed E-state index contributed by atoms with van der Waals surface area (Å²) in [5, 5.41) is 0. The van der Waals surface area contributed by atoms with E-state index in [0.29, 0.717) is 0 Å². The van der Waals surface area contributed by atoms with Gasteiger partial charge in [0.2, 0.25) is 0 Å². The number of hydrogen-bond acceptors (Lipinski definition) is 3. The Bertz CT molecular complexity index is 351. The molecule has 0 amide bonds. The van der Waals surface area contributed by atoms with Crippen LogP contribution in [0.1, 0.15) is 0 Å². The van der Waals surface area contributed by atoms with Gasteiger partial charge in [-0.25, -0.2) is 8.42 Å². The number of rotatable bonds is 4. The van der Waals surface area contributed by atoms with Gasteiger partial charge in [-0.3, -0.25) is 4.84 Å². The maximum Gasteiger partial charge on any atom is 0.262 e. The topological polar surface area (TPSA) is 55.4 Å². The van der Waals surface area contributed by atoms with Gasteiger partial charge < -0.3 is 0 Å². The second-order valence-corrected chi connectivity index (χ2v) is 4.02. The van der Waals surface area contributed by atoms with Crippen LogP contribution in [0.15, 0.2) is 35.2 Å². The predicted molar refractivity (Wildman–Crippen MR) is 48.6 cm³/mol. The summed E-state index contributed by atoms with van der Waals surface area (Å²) in [6.45, 7) is 0. The van der Waals surface area contributed by atoms with Gasteiger partial charge in [-0.2, -0.15) is 0 Å². The molecule has 0 aliphatic carbocycles. The summed E-state index contributed by atoms with van der Waals surface area (Å²) in [6, 6.07) is 7.65. The number of hydrogen-bond donors (Lipinski definition) is 1. The lowest BCUT2D eigenvalue weighted by atomic mass is 10.4. The van der Waals surface area contributed by atoms with Gasteiger partial charge in [0.05, 0.1) is 4.90 Å². The lowest BCUT2D eigenvalue weighted by molar-refractivity contribution is 0.135. The van der Waals surface area contributed by atoms with Gasteiger partial charge in [0.1, 0.15) is 6.07 Å². The molecule has 0 unspecified atom stereocenters. The number of alkyl halides is 1. The van der Waals surface area contributed by atoms with Crippen molar-refractivity contribution in [2.24, 2.45) is 0 Å². The molecule has 4 nitrogen and oxygen atoms in total. The SMILES string of the molecule is O=S(=O)(NOCCl)c1ccccc1. The molecule has 6 heteroatoms. The summed E-state index contributed by atoms with van der Waals surface area (Å²) < 4.78 is 22.6. The highest BCUT2D eigenvalue weighted by molar-refractivity contribution is 7.89. The Kier molecular flexibility index (Phi) is 3.68. The van der Waals surface area contributed by atoms with Crippen molar-refractivity contribution < 1.29 is 13.3 Å². The molecule has 0 atom stereocenters. The van der Waals surface area contributed by atoms with E-state index in [4.69, 9.17) is 11.6 Å². The molecule has 0 heterocycles. The molecule has 72 valence electrons. The van der Waals surface area contributed by atoms with E-state index in [9.17, 15) is 8.42 Å². The molecule has 0 fully saturated rings. The molecule has 0 saturated heterocycles. The highest BCUT2D eigenvalue weighted by Crippen LogP contribution is 2.06. The molecule has 1 rings (SSSR count). The largest absolute Gasteiger partial charge is 0.271 e. The summed E-state index contributed by atoms with van der Waals surface area (Å²) in [7, 11) is -3.58. The summed E-state index contributed by atoms with van der Waals surface area (Å²) in [5.74, 6) is 0. The van der Waals surface area contributed by atoms with Crippen LogP contribution in [0.2, 0.25) is 0 Å². The Labute approximate surface area is 81.5 Å². The van der Waals surface area contributed by atoms with E-state index >= 15 is 0 Å². The first kappa shape index (κ1) is 10.5. The van der Waals surface area contributed by atoms with Crippen molar-refractivity contribution in [3.05, 3.63) is 30.3 Å². The molecule has 0 aliphatic heterocycles. The summed E-state index contributed by atoms with van der Waals surface area (Å²) in [4.78, 5) is 6.38. The average Bonchev–Trinajstić information content (AvgIpc) is 2.16. The Morgan fingerprint density at radius 2 is 1.92 bits per heavy atom. The van der Waals surface area contributed by atoms with Gasteiger partial charge in [-0.15, -0.1) is 0 Å². The fourth-order valence-electron chi connectivity index (χ4n) is 0.748. The number of halogens is 1. The molecule has 1 N–H and O–H groups in total. The first-order chi connectivity index (χ1) is 6.17. The number of benzene rings is 1. The molecule has 0 radical (unpaired) electrons. The Hall–Kier alpha value is -0.620. The molecule has 0 aliphatic rings. The third-order valence-electron chi connectivity index (χ3n) is 1.28. The Balaban J connectivity index is 2.83. The minimum absolute atomic E-state index is 0.139. The smallest absolute Gasteiger partial charge is 0.262 e. The van der Waals surface area contributed by atoms with Crippen molar-refractivity contribution in [3.63, 3.8) is 0 Å². The first-order valence-corrected chi connectivity index (χ1v) is 5.43. The van der Waals surface area contributed by atoms with Crippen molar-refractivity contribution in [2.45, 2.75) is 4.90 Å². The maximum absolute atomic E-state index is 11.3. The summed E-state index contributed by atoms with van der Waals surface area (Å²) in [5.41, 5.74) is 0. The molecule has 1 aromatic rings. The molecule has 0 spiro atoms. The van der Waals surface area contributed by atoms with E-state index in [1.54, 1.807) is 18.2 Å². The van der Waals surface area contributed by atoms with Crippen LogP contribution < -0.4 is 4.89 Å². The predicted octanol–water partition coefficient (Wildman–Crippen LogP) is 1.09. The van der Waals surface area contributed by atoms with Gasteiger partial charge in [0.15, 0.2) is 0 Å². The summed E-state index contributed by atoms with van der Waals surface area (Å²) in [6.07, 6.45) is 0. The Morgan fingerprint density at radius 1 is 1.31 bits per heavy atom. The van der Waals surface area contributed by atoms with Gasteiger partial charge in [-0.1, -0.05) is 34.7 Å². The zero-order valence-corrected chi connectivity index (χ0v) is 8.18. The minimum Gasteiger partial charge on any atom is -0.271 e. The zero-order valence-electron chi connectivity index (χ0n) is 6.60. The van der Waals surface area contributed by atoms with E-state index < -0.39 is 10.0 Å². The second kappa shape index (κ2) is 4.57. The van der Waals surface area contributed by atoms with Crippen LogP contribution in [0.5, 0.6) is 0 Å². The monoisotopic (exact) mass is 221 g/mol. The molecular formula is C7H8ClNO3S. The van der Waals surface area contributed by atoms with E-state index in [-0.39, 0.29) is 11.0 Å². The molecular weight excluding hydrogens is 214 g/mol. The fourth-order valence-corrected chi connectivity index (χ4v) is 1.69. The lowest BCUT2D eigenvalue weighted by Crippen LogP contribution is -2.23. The van der Waals surface area contributed by atoms with Crippen LogP contribution in [-0.2, 0) is 14.9 Å². The van der Waals surface area contributed by atoms with Crippen molar-refractivity contribution in [1.29, 1.82) is 0 Å². The van der Waals surface area contributed by atoms with Crippen molar-refractivity contribution >= 4 is 21.6 Å². The zero-order chi connectivity index (χ0) is 9.73. The Morgan fingerprint density at radius 3 is 2.46 bits per heavy atom. The van der Waals surface area contributed by atoms with Crippen molar-refractivity contribution in [3.8, 4) is 0 Å². The highest BCUT2D eigenvalue weighted by Gasteiger charge is 2.12. The fraction of sp³-hybridized carbons (Fsp3) is 0.143. The lowest BCUT2D eigenvalue weighted by Gasteiger charge is -2.03. The quantitative estimate of drug-likeness (QED) is 0.612. The molecule has 1 aromatic carbocycles. The van der Waals surface area contributed by atoms with Crippen LogP contribution >= 0.6 is 11.6 Å². The van der Waals surface area contributed by atoms with Crippen LogP contribution in [0.3, 0.4) is 0 Å². The van der Waals surface area contributed by atoms with Crippen molar-refractivity contribution in [1.82, 2.24) is 4.89 Å². The van der Waals surface area contributed by atoms with Gasteiger partial charge in [0.25, 0.3) is 10.0 Å². The average molecular weight is 222 g/mol. The first-order valence-electron chi connectivity index (χ1n) is 3.41. The molecule has 0 aromatic heterocycles. The molecule has 0 saturated carbocycles. The van der Waals surface area contributed by atoms with E-state index in [2.05, 4.69) is 4.84 Å². The summed E-state index contributed by atoms with van der Waals surface area (Å²) >= 11 is 5.15. The van der Waals surface area contributed by atoms with E-state index in [1.165, 1.54) is 12.1 Å². The van der Waals surface area contributed by atoms with Crippen LogP contribution in [0.25, 0.3) is 0 Å². The third-order valence-corrected chi connectivity index (χ3v) is 2.62. The minimum atomic E-state index is -3.58. The standard InChI is InChI=1S/C7H8ClNO3S/c8-6-12-9-13(10,11)7-4-2-1-3-5-7/h1-5,9H,6H2. The highest BCUT2D eigenvalue weighted by atomic mass is 35.5. The van der Waals surface area contributed by atoms with Crippen LogP contribution in [0, 0.1) is 0 Å².